The maximum Gasteiger partial charge on any atom is 0.272 e. The molecule has 1 fully saturated rings. The van der Waals surface area contributed by atoms with Crippen molar-refractivity contribution >= 4 is 5.91 Å². The molecule has 0 aromatic carbocycles. The molecule has 1 saturated heterocycles. The lowest BCUT2D eigenvalue weighted by atomic mass is 9.96. The third kappa shape index (κ3) is 3.75. The molecule has 1 aliphatic rings. The summed E-state index contributed by atoms with van der Waals surface area (Å²) in [6, 6.07) is 5.41. The van der Waals surface area contributed by atoms with E-state index in [1.807, 2.05) is 17.0 Å². The first kappa shape index (κ1) is 15.6. The number of aromatic nitrogens is 3. The van der Waals surface area contributed by atoms with Gasteiger partial charge < -0.3 is 9.42 Å². The van der Waals surface area contributed by atoms with Gasteiger partial charge in [-0.2, -0.15) is 4.98 Å². The molecule has 6 nitrogen and oxygen atoms in total. The number of hydrogen-bond acceptors (Lipinski definition) is 5. The van der Waals surface area contributed by atoms with Gasteiger partial charge in [-0.15, -0.1) is 0 Å². The maximum absolute atomic E-state index is 12.4. The molecule has 0 radical (unpaired) electrons. The van der Waals surface area contributed by atoms with Crippen LogP contribution in [0.4, 0.5) is 0 Å². The zero-order valence-electron chi connectivity index (χ0n) is 13.4. The van der Waals surface area contributed by atoms with Crippen LogP contribution in [0.2, 0.25) is 0 Å². The van der Waals surface area contributed by atoms with Crippen molar-refractivity contribution in [1.29, 1.82) is 0 Å². The smallest absolute Gasteiger partial charge is 0.272 e. The number of piperidine rings is 1. The Balaban J connectivity index is 1.56. The highest BCUT2D eigenvalue weighted by Crippen LogP contribution is 2.27. The maximum atomic E-state index is 12.4. The first-order chi connectivity index (χ1) is 11.3. The standard InChI is InChI=1S/C17H22N4O2/c1-2-3-7-15-19-16(23-20-15)13-8-11-21(12-9-13)17(22)14-6-4-5-10-18-14/h4-6,10,13H,2-3,7-9,11-12H2,1H3. The molecule has 1 aliphatic heterocycles. The van der Waals surface area contributed by atoms with E-state index in [4.69, 9.17) is 4.52 Å². The van der Waals surface area contributed by atoms with Crippen LogP contribution in [-0.4, -0.2) is 39.0 Å². The van der Waals surface area contributed by atoms with Crippen molar-refractivity contribution in [2.45, 2.75) is 44.9 Å². The first-order valence-electron chi connectivity index (χ1n) is 8.30. The molecule has 0 saturated carbocycles. The van der Waals surface area contributed by atoms with Gasteiger partial charge in [0.25, 0.3) is 5.91 Å². The molecule has 3 rings (SSSR count). The van der Waals surface area contributed by atoms with Gasteiger partial charge in [0, 0.05) is 31.6 Å². The summed E-state index contributed by atoms with van der Waals surface area (Å²) in [6.07, 6.45) is 6.43. The van der Waals surface area contributed by atoms with E-state index >= 15 is 0 Å². The third-order valence-corrected chi connectivity index (χ3v) is 4.25. The number of carbonyl (C=O) groups excluding carboxylic acids is 1. The van der Waals surface area contributed by atoms with Crippen molar-refractivity contribution in [2.24, 2.45) is 0 Å². The van der Waals surface area contributed by atoms with E-state index in [2.05, 4.69) is 22.0 Å². The molecule has 2 aromatic heterocycles. The minimum Gasteiger partial charge on any atom is -0.339 e. The summed E-state index contributed by atoms with van der Waals surface area (Å²) in [6.45, 7) is 3.55. The SMILES string of the molecule is CCCCc1noc(C2CCN(C(=O)c3ccccn3)CC2)n1. The lowest BCUT2D eigenvalue weighted by Gasteiger charge is -2.30. The highest BCUT2D eigenvalue weighted by molar-refractivity contribution is 5.92. The van der Waals surface area contributed by atoms with Crippen LogP contribution in [0.5, 0.6) is 0 Å². The van der Waals surface area contributed by atoms with Gasteiger partial charge in [-0.1, -0.05) is 24.6 Å². The van der Waals surface area contributed by atoms with Gasteiger partial charge in [0.2, 0.25) is 5.89 Å². The third-order valence-electron chi connectivity index (χ3n) is 4.25. The highest BCUT2D eigenvalue weighted by atomic mass is 16.5. The molecule has 0 unspecified atom stereocenters. The minimum atomic E-state index is -0.00165. The molecule has 0 spiro atoms. The largest absolute Gasteiger partial charge is 0.339 e. The molecule has 0 bridgehead atoms. The Morgan fingerprint density at radius 2 is 2.17 bits per heavy atom. The van der Waals surface area contributed by atoms with E-state index in [0.717, 1.165) is 43.8 Å². The van der Waals surface area contributed by atoms with E-state index in [0.29, 0.717) is 18.8 Å². The predicted molar refractivity (Wildman–Crippen MR) is 85.0 cm³/mol. The Labute approximate surface area is 135 Å². The van der Waals surface area contributed by atoms with Gasteiger partial charge in [0.1, 0.15) is 5.69 Å². The summed E-state index contributed by atoms with van der Waals surface area (Å²) >= 11 is 0. The number of amides is 1. The molecule has 23 heavy (non-hydrogen) atoms. The molecule has 3 heterocycles. The molecular formula is C17H22N4O2. The predicted octanol–water partition coefficient (Wildman–Crippen LogP) is 2.83. The van der Waals surface area contributed by atoms with Crippen molar-refractivity contribution in [3.8, 4) is 0 Å². The van der Waals surface area contributed by atoms with Crippen molar-refractivity contribution in [3.63, 3.8) is 0 Å². The van der Waals surface area contributed by atoms with Crippen molar-refractivity contribution in [2.75, 3.05) is 13.1 Å². The zero-order valence-corrected chi connectivity index (χ0v) is 13.4. The summed E-state index contributed by atoms with van der Waals surface area (Å²) in [5.74, 6) is 1.78. The number of carbonyl (C=O) groups is 1. The van der Waals surface area contributed by atoms with E-state index in [1.54, 1.807) is 12.3 Å². The fraction of sp³-hybridized carbons (Fsp3) is 0.529. The Bertz CT molecular complexity index is 633. The van der Waals surface area contributed by atoms with Gasteiger partial charge in [-0.05, 0) is 31.4 Å². The summed E-state index contributed by atoms with van der Waals surface area (Å²) < 4.78 is 5.40. The topological polar surface area (TPSA) is 72.1 Å². The van der Waals surface area contributed by atoms with Crippen molar-refractivity contribution in [1.82, 2.24) is 20.0 Å². The van der Waals surface area contributed by atoms with Crippen LogP contribution in [0.25, 0.3) is 0 Å². The van der Waals surface area contributed by atoms with E-state index in [9.17, 15) is 4.79 Å². The molecular weight excluding hydrogens is 292 g/mol. The summed E-state index contributed by atoms with van der Waals surface area (Å²) in [7, 11) is 0. The number of nitrogens with zero attached hydrogens (tertiary/aromatic N) is 4. The van der Waals surface area contributed by atoms with Gasteiger partial charge in [-0.25, -0.2) is 0 Å². The van der Waals surface area contributed by atoms with E-state index in [-0.39, 0.29) is 11.8 Å². The molecule has 0 aliphatic carbocycles. The summed E-state index contributed by atoms with van der Waals surface area (Å²) in [4.78, 5) is 22.9. The average Bonchev–Trinajstić information content (AvgIpc) is 3.09. The normalized spacial score (nSPS) is 15.8. The lowest BCUT2D eigenvalue weighted by Crippen LogP contribution is -2.38. The average molecular weight is 314 g/mol. The Morgan fingerprint density at radius 1 is 1.35 bits per heavy atom. The van der Waals surface area contributed by atoms with E-state index < -0.39 is 0 Å². The van der Waals surface area contributed by atoms with Crippen LogP contribution in [-0.2, 0) is 6.42 Å². The molecule has 0 N–H and O–H groups in total. The quantitative estimate of drug-likeness (QED) is 0.848. The number of hydrogen-bond donors (Lipinski definition) is 0. The molecule has 2 aromatic rings. The Morgan fingerprint density at radius 3 is 2.87 bits per heavy atom. The van der Waals surface area contributed by atoms with Gasteiger partial charge in [0.15, 0.2) is 5.82 Å². The van der Waals surface area contributed by atoms with Gasteiger partial charge in [-0.3, -0.25) is 9.78 Å². The molecule has 1 amide bonds. The first-order valence-corrected chi connectivity index (χ1v) is 8.30. The molecule has 0 atom stereocenters. The van der Waals surface area contributed by atoms with Crippen LogP contribution >= 0.6 is 0 Å². The summed E-state index contributed by atoms with van der Waals surface area (Å²) in [5, 5.41) is 4.05. The van der Waals surface area contributed by atoms with Gasteiger partial charge in [0.05, 0.1) is 0 Å². The van der Waals surface area contributed by atoms with Crippen LogP contribution in [0.1, 0.15) is 60.7 Å². The zero-order chi connectivity index (χ0) is 16.1. The van der Waals surface area contributed by atoms with Crippen molar-refractivity contribution < 1.29 is 9.32 Å². The van der Waals surface area contributed by atoms with Crippen LogP contribution in [0.15, 0.2) is 28.9 Å². The second-order valence-electron chi connectivity index (χ2n) is 5.93. The second-order valence-corrected chi connectivity index (χ2v) is 5.93. The number of aryl methyl sites for hydroxylation is 1. The highest BCUT2D eigenvalue weighted by Gasteiger charge is 2.28. The van der Waals surface area contributed by atoms with Gasteiger partial charge >= 0.3 is 0 Å². The number of rotatable bonds is 5. The van der Waals surface area contributed by atoms with Crippen LogP contribution in [0.3, 0.4) is 0 Å². The van der Waals surface area contributed by atoms with Crippen LogP contribution < -0.4 is 0 Å². The number of pyridine rings is 1. The molecule has 6 heteroatoms. The van der Waals surface area contributed by atoms with E-state index in [1.165, 1.54) is 0 Å². The Kier molecular flexibility index (Phi) is 5.00. The number of unbranched alkanes of at least 4 members (excludes halogenated alkanes) is 1. The van der Waals surface area contributed by atoms with Crippen LogP contribution in [0, 0.1) is 0 Å². The molecule has 122 valence electrons. The van der Waals surface area contributed by atoms with Crippen molar-refractivity contribution in [3.05, 3.63) is 41.8 Å². The fourth-order valence-corrected chi connectivity index (χ4v) is 2.85. The minimum absolute atomic E-state index is 0.00165. The summed E-state index contributed by atoms with van der Waals surface area (Å²) in [5.41, 5.74) is 0.505. The second kappa shape index (κ2) is 7.35. The Hall–Kier alpha value is -2.24. The monoisotopic (exact) mass is 314 g/mol. The lowest BCUT2D eigenvalue weighted by molar-refractivity contribution is 0.0698. The fourth-order valence-electron chi connectivity index (χ4n) is 2.85. The number of likely N-dealkylation sites (tertiary alicyclic amines) is 1.